The minimum Gasteiger partial charge on any atom is -0.462 e. The molecule has 37 heavy (non-hydrogen) atoms. The van der Waals surface area contributed by atoms with Crippen LogP contribution in [-0.4, -0.2) is 34.0 Å². The van der Waals surface area contributed by atoms with Crippen LogP contribution in [-0.2, 0) is 16.0 Å². The summed E-state index contributed by atoms with van der Waals surface area (Å²) in [5, 5.41) is 17.0. The number of Topliss-reactive ketones (excluding diaryl/α,β-unsaturated/α-hetero) is 1. The summed E-state index contributed by atoms with van der Waals surface area (Å²) in [6, 6.07) is 25.0. The Morgan fingerprint density at radius 1 is 1.00 bits per heavy atom. The van der Waals surface area contributed by atoms with Gasteiger partial charge in [-0.1, -0.05) is 48.5 Å². The molecule has 182 valence electrons. The summed E-state index contributed by atoms with van der Waals surface area (Å²) < 4.78 is 6.87. The van der Waals surface area contributed by atoms with Gasteiger partial charge < -0.3 is 10.1 Å². The normalized spacial score (nSPS) is 12.1. The van der Waals surface area contributed by atoms with Crippen molar-refractivity contribution in [3.05, 3.63) is 101 Å². The molecule has 1 heterocycles. The molecule has 0 radical (unpaired) electrons. The number of para-hydroxylation sites is 2. The Labute approximate surface area is 213 Å². The van der Waals surface area contributed by atoms with E-state index >= 15 is 0 Å². The first-order chi connectivity index (χ1) is 18.0. The average Bonchev–Trinajstić information content (AvgIpc) is 3.48. The summed E-state index contributed by atoms with van der Waals surface area (Å²) in [5.74, 6) is -3.48. The van der Waals surface area contributed by atoms with Crippen LogP contribution in [0.25, 0.3) is 16.9 Å². The first-order valence-corrected chi connectivity index (χ1v) is 11.8. The first-order valence-electron chi connectivity index (χ1n) is 11.8. The van der Waals surface area contributed by atoms with Crippen LogP contribution in [0.15, 0.2) is 78.9 Å². The van der Waals surface area contributed by atoms with Gasteiger partial charge in [0.1, 0.15) is 5.69 Å². The number of hydrogen-bond acceptors (Lipinski definition) is 6. The Bertz CT molecular complexity index is 1550. The lowest BCUT2D eigenvalue weighted by Crippen LogP contribution is -2.29. The number of esters is 1. The van der Waals surface area contributed by atoms with E-state index in [1.54, 1.807) is 54.1 Å². The molecule has 3 aromatic carbocycles. The largest absolute Gasteiger partial charge is 0.462 e. The maximum atomic E-state index is 13.6. The molecule has 1 amide bonds. The predicted octanol–water partition coefficient (Wildman–Crippen LogP) is 4.58. The fraction of sp³-hybridized carbons (Fsp3) is 0.138. The van der Waals surface area contributed by atoms with E-state index in [9.17, 15) is 19.6 Å². The van der Waals surface area contributed by atoms with Gasteiger partial charge in [-0.25, -0.2) is 9.48 Å². The molecule has 8 nitrogen and oxygen atoms in total. The molecule has 5 rings (SSSR count). The quantitative estimate of drug-likeness (QED) is 0.203. The minimum atomic E-state index is -1.60. The summed E-state index contributed by atoms with van der Waals surface area (Å²) >= 11 is 0. The lowest BCUT2D eigenvalue weighted by Gasteiger charge is -2.11. The van der Waals surface area contributed by atoms with Gasteiger partial charge in [-0.15, -0.1) is 0 Å². The van der Waals surface area contributed by atoms with E-state index in [-0.39, 0.29) is 18.7 Å². The van der Waals surface area contributed by atoms with Crippen molar-refractivity contribution in [1.29, 1.82) is 5.26 Å². The van der Waals surface area contributed by atoms with Crippen LogP contribution >= 0.6 is 0 Å². The lowest BCUT2D eigenvalue weighted by atomic mass is 9.98. The highest BCUT2D eigenvalue weighted by atomic mass is 16.5. The van der Waals surface area contributed by atoms with Crippen molar-refractivity contribution in [3.63, 3.8) is 0 Å². The molecule has 1 aliphatic carbocycles. The molecule has 4 aromatic rings. The second kappa shape index (κ2) is 9.91. The maximum absolute atomic E-state index is 13.6. The van der Waals surface area contributed by atoms with E-state index in [4.69, 9.17) is 4.74 Å². The zero-order valence-corrected chi connectivity index (χ0v) is 20.0. The first kappa shape index (κ1) is 23.7. The van der Waals surface area contributed by atoms with Crippen LogP contribution in [0.4, 0.5) is 5.69 Å². The number of carbonyl (C=O) groups excluding carboxylic acids is 3. The van der Waals surface area contributed by atoms with E-state index in [1.165, 1.54) is 0 Å². The Hall–Kier alpha value is -5.03. The molecule has 1 aromatic heterocycles. The third kappa shape index (κ3) is 4.28. The van der Waals surface area contributed by atoms with Crippen LogP contribution in [0.3, 0.4) is 0 Å². The number of rotatable bonds is 7. The second-order valence-corrected chi connectivity index (χ2v) is 8.43. The SMILES string of the molecule is CCOC(=O)c1cccc2c1Cc1c(C(=O)C(C#N)C(=O)Nc3ccccc3)nn(-c3ccccc3)c1-2. The second-order valence-electron chi connectivity index (χ2n) is 8.43. The van der Waals surface area contributed by atoms with E-state index in [1.807, 2.05) is 42.5 Å². The molecule has 1 N–H and O–H groups in total. The zero-order chi connectivity index (χ0) is 25.9. The van der Waals surface area contributed by atoms with Gasteiger partial charge in [-0.3, -0.25) is 9.59 Å². The summed E-state index contributed by atoms with van der Waals surface area (Å²) in [5.41, 5.74) is 4.30. The molecule has 0 fully saturated rings. The van der Waals surface area contributed by atoms with E-state index in [0.29, 0.717) is 33.8 Å². The maximum Gasteiger partial charge on any atom is 0.338 e. The number of nitrogens with zero attached hydrogens (tertiary/aromatic N) is 3. The lowest BCUT2D eigenvalue weighted by molar-refractivity contribution is -0.117. The highest BCUT2D eigenvalue weighted by Gasteiger charge is 2.37. The third-order valence-electron chi connectivity index (χ3n) is 6.19. The van der Waals surface area contributed by atoms with E-state index < -0.39 is 23.6 Å². The van der Waals surface area contributed by atoms with Crippen LogP contribution in [0.1, 0.15) is 38.9 Å². The number of fused-ring (bicyclic) bond motifs is 3. The number of benzene rings is 3. The summed E-state index contributed by atoms with van der Waals surface area (Å²) in [6.07, 6.45) is 0.242. The minimum absolute atomic E-state index is 0.0274. The number of anilines is 1. The number of ketones is 1. The molecular formula is C29H22N4O4. The van der Waals surface area contributed by atoms with Crippen molar-refractivity contribution in [2.75, 3.05) is 11.9 Å². The summed E-state index contributed by atoms with van der Waals surface area (Å²) in [6.45, 7) is 1.97. The van der Waals surface area contributed by atoms with Crippen LogP contribution in [0.2, 0.25) is 0 Å². The predicted molar refractivity (Wildman–Crippen MR) is 136 cm³/mol. The Morgan fingerprint density at radius 2 is 1.70 bits per heavy atom. The Balaban J connectivity index is 1.60. The van der Waals surface area contributed by atoms with Crippen molar-refractivity contribution in [3.8, 4) is 23.0 Å². The molecule has 0 spiro atoms. The van der Waals surface area contributed by atoms with E-state index in [0.717, 1.165) is 5.56 Å². The summed E-state index contributed by atoms with van der Waals surface area (Å²) in [7, 11) is 0. The molecule has 1 aliphatic rings. The number of ether oxygens (including phenoxy) is 1. The van der Waals surface area contributed by atoms with Crippen molar-refractivity contribution in [2.45, 2.75) is 13.3 Å². The van der Waals surface area contributed by atoms with Gasteiger partial charge in [0.15, 0.2) is 5.92 Å². The molecule has 1 atom stereocenters. The number of aromatic nitrogens is 2. The third-order valence-corrected chi connectivity index (χ3v) is 6.19. The molecule has 1 unspecified atom stereocenters. The Kier molecular flexibility index (Phi) is 6.35. The highest BCUT2D eigenvalue weighted by molar-refractivity contribution is 6.16. The Morgan fingerprint density at radius 3 is 2.38 bits per heavy atom. The molecule has 0 saturated carbocycles. The summed E-state index contributed by atoms with van der Waals surface area (Å²) in [4.78, 5) is 39.2. The van der Waals surface area contributed by atoms with Gasteiger partial charge in [0.05, 0.1) is 29.6 Å². The number of carbonyl (C=O) groups is 3. The van der Waals surface area contributed by atoms with E-state index in [2.05, 4.69) is 10.4 Å². The fourth-order valence-electron chi connectivity index (χ4n) is 4.53. The average molecular weight is 491 g/mol. The monoisotopic (exact) mass is 490 g/mol. The molecule has 0 saturated heterocycles. The van der Waals surface area contributed by atoms with Crippen molar-refractivity contribution < 1.29 is 19.1 Å². The standard InChI is InChI=1S/C29H22N4O4/c1-2-37-29(36)21-15-9-14-20-22(21)16-23-25(32-33(26(20)23)19-12-7-4-8-13-19)27(34)24(17-30)28(35)31-18-10-5-3-6-11-18/h3-15,24H,2,16H2,1H3,(H,31,35). The number of nitrogens with one attached hydrogen (secondary N) is 1. The molecule has 0 aliphatic heterocycles. The molecular weight excluding hydrogens is 468 g/mol. The van der Waals surface area contributed by atoms with Gasteiger partial charge >= 0.3 is 5.97 Å². The van der Waals surface area contributed by atoms with Crippen molar-refractivity contribution >= 4 is 23.3 Å². The highest BCUT2D eigenvalue weighted by Crippen LogP contribution is 2.42. The number of nitriles is 1. The van der Waals surface area contributed by atoms with Crippen LogP contribution < -0.4 is 5.32 Å². The van der Waals surface area contributed by atoms with Crippen LogP contribution in [0, 0.1) is 17.2 Å². The fourth-order valence-corrected chi connectivity index (χ4v) is 4.53. The van der Waals surface area contributed by atoms with Crippen molar-refractivity contribution in [1.82, 2.24) is 9.78 Å². The van der Waals surface area contributed by atoms with Gasteiger partial charge in [0, 0.05) is 23.2 Å². The van der Waals surface area contributed by atoms with Gasteiger partial charge in [0.2, 0.25) is 11.7 Å². The zero-order valence-electron chi connectivity index (χ0n) is 20.0. The van der Waals surface area contributed by atoms with Gasteiger partial charge in [0.25, 0.3) is 0 Å². The van der Waals surface area contributed by atoms with Crippen LogP contribution in [0.5, 0.6) is 0 Å². The molecule has 8 heteroatoms. The number of hydrogen-bond donors (Lipinski definition) is 1. The van der Waals surface area contributed by atoms with Gasteiger partial charge in [-0.2, -0.15) is 10.4 Å². The number of amides is 1. The van der Waals surface area contributed by atoms with Crippen molar-refractivity contribution in [2.24, 2.45) is 5.92 Å². The smallest absolute Gasteiger partial charge is 0.338 e. The van der Waals surface area contributed by atoms with Gasteiger partial charge in [-0.05, 0) is 42.8 Å². The topological polar surface area (TPSA) is 114 Å². The molecule has 0 bridgehead atoms.